The van der Waals surface area contributed by atoms with E-state index < -0.39 is 11.6 Å². The highest BCUT2D eigenvalue weighted by Gasteiger charge is 2.26. The van der Waals surface area contributed by atoms with Crippen LogP contribution in [0.4, 0.5) is 20.3 Å². The minimum absolute atomic E-state index is 0.0520. The monoisotopic (exact) mass is 449 g/mol. The number of amides is 2. The van der Waals surface area contributed by atoms with Gasteiger partial charge in [0.05, 0.1) is 11.7 Å². The van der Waals surface area contributed by atoms with Crippen LogP contribution in [0.5, 0.6) is 0 Å². The van der Waals surface area contributed by atoms with Crippen LogP contribution in [0.1, 0.15) is 26.2 Å². The van der Waals surface area contributed by atoms with Crippen LogP contribution < -0.4 is 15.5 Å². The predicted octanol–water partition coefficient (Wildman–Crippen LogP) is 3.23. The Labute approximate surface area is 184 Å². The van der Waals surface area contributed by atoms with Crippen molar-refractivity contribution in [1.82, 2.24) is 15.5 Å². The summed E-state index contributed by atoms with van der Waals surface area (Å²) in [5.41, 5.74) is 0.188. The molecule has 10 heteroatoms. The maximum Gasteiger partial charge on any atom is 0.234 e. The lowest BCUT2D eigenvalue weighted by atomic mass is 9.97. The Balaban J connectivity index is 1.49. The van der Waals surface area contributed by atoms with Gasteiger partial charge < -0.3 is 15.5 Å². The molecule has 1 aliphatic rings. The lowest BCUT2D eigenvalue weighted by molar-refractivity contribution is -0.125. The maximum absolute atomic E-state index is 13.2. The molecule has 0 spiro atoms. The molecule has 2 amide bonds. The molecule has 0 radical (unpaired) electrons. The molecule has 2 N–H and O–H groups in total. The molecule has 1 atom stereocenters. The average Bonchev–Trinajstić information content (AvgIpc) is 2.79. The van der Waals surface area contributed by atoms with Gasteiger partial charge in [0, 0.05) is 31.4 Å². The van der Waals surface area contributed by atoms with Crippen molar-refractivity contribution in [2.24, 2.45) is 5.92 Å². The summed E-state index contributed by atoms with van der Waals surface area (Å²) in [4.78, 5) is 26.3. The van der Waals surface area contributed by atoms with Gasteiger partial charge in [-0.3, -0.25) is 9.59 Å². The number of carbonyl (C=O) groups excluding carboxylic acids is 2. The molecule has 3 rings (SSSR count). The summed E-state index contributed by atoms with van der Waals surface area (Å²) >= 11 is 1.19. The molecule has 2 heterocycles. The lowest BCUT2D eigenvalue weighted by Crippen LogP contribution is -2.43. The lowest BCUT2D eigenvalue weighted by Gasteiger charge is -2.32. The van der Waals surface area contributed by atoms with E-state index in [1.54, 1.807) is 6.07 Å². The maximum atomic E-state index is 13.2. The van der Waals surface area contributed by atoms with Gasteiger partial charge >= 0.3 is 0 Å². The number of benzene rings is 1. The van der Waals surface area contributed by atoms with Crippen molar-refractivity contribution in [2.75, 3.05) is 35.6 Å². The molecule has 0 bridgehead atoms. The molecule has 31 heavy (non-hydrogen) atoms. The number of anilines is 2. The van der Waals surface area contributed by atoms with Gasteiger partial charge in [0.1, 0.15) is 5.03 Å². The summed E-state index contributed by atoms with van der Waals surface area (Å²) in [6.45, 7) is 4.13. The Morgan fingerprint density at radius 3 is 2.74 bits per heavy atom. The molecule has 1 aromatic heterocycles. The number of aromatic nitrogens is 2. The largest absolute Gasteiger partial charge is 0.356 e. The second-order valence-electron chi connectivity index (χ2n) is 7.27. The zero-order chi connectivity index (χ0) is 22.2. The Kier molecular flexibility index (Phi) is 8.16. The smallest absolute Gasteiger partial charge is 0.234 e. The van der Waals surface area contributed by atoms with Gasteiger partial charge in [0.25, 0.3) is 0 Å². The summed E-state index contributed by atoms with van der Waals surface area (Å²) < 4.78 is 26.2. The van der Waals surface area contributed by atoms with Crippen LogP contribution in [0.15, 0.2) is 35.4 Å². The molecular formula is C21H25F2N5O2S. The number of piperidine rings is 1. The van der Waals surface area contributed by atoms with E-state index in [2.05, 4.69) is 25.7 Å². The van der Waals surface area contributed by atoms with Crippen LogP contribution in [0.3, 0.4) is 0 Å². The zero-order valence-electron chi connectivity index (χ0n) is 17.2. The van der Waals surface area contributed by atoms with E-state index in [0.717, 1.165) is 37.9 Å². The number of hydrogen-bond donors (Lipinski definition) is 2. The van der Waals surface area contributed by atoms with Gasteiger partial charge in [-0.25, -0.2) is 8.78 Å². The van der Waals surface area contributed by atoms with Gasteiger partial charge in [-0.15, -0.1) is 10.2 Å². The quantitative estimate of drug-likeness (QED) is 0.602. The molecule has 1 aliphatic heterocycles. The van der Waals surface area contributed by atoms with Crippen molar-refractivity contribution in [2.45, 2.75) is 31.2 Å². The fourth-order valence-corrected chi connectivity index (χ4v) is 3.87. The topological polar surface area (TPSA) is 87.2 Å². The third kappa shape index (κ3) is 6.61. The van der Waals surface area contributed by atoms with Crippen LogP contribution in [0.25, 0.3) is 0 Å². The second kappa shape index (κ2) is 11.0. The first-order valence-corrected chi connectivity index (χ1v) is 11.2. The number of nitrogens with zero attached hydrogens (tertiary/aromatic N) is 3. The summed E-state index contributed by atoms with van der Waals surface area (Å²) in [5.74, 6) is -1.58. The average molecular weight is 450 g/mol. The Hall–Kier alpha value is -2.75. The minimum atomic E-state index is -1.02. The Morgan fingerprint density at radius 2 is 2.03 bits per heavy atom. The van der Waals surface area contributed by atoms with Crippen molar-refractivity contribution in [3.05, 3.63) is 42.0 Å². The molecule has 1 fully saturated rings. The minimum Gasteiger partial charge on any atom is -0.356 e. The Bertz CT molecular complexity index is 913. The van der Waals surface area contributed by atoms with Gasteiger partial charge in [-0.1, -0.05) is 18.7 Å². The number of rotatable bonds is 8. The highest BCUT2D eigenvalue weighted by atomic mass is 32.2. The first kappa shape index (κ1) is 22.9. The fourth-order valence-electron chi connectivity index (χ4n) is 3.26. The molecular weight excluding hydrogens is 424 g/mol. The van der Waals surface area contributed by atoms with Crippen LogP contribution in [0, 0.1) is 17.6 Å². The van der Waals surface area contributed by atoms with Crippen LogP contribution >= 0.6 is 11.8 Å². The third-order valence-corrected chi connectivity index (χ3v) is 5.77. The van der Waals surface area contributed by atoms with E-state index >= 15 is 0 Å². The molecule has 166 valence electrons. The highest BCUT2D eigenvalue weighted by molar-refractivity contribution is 7.99. The molecule has 0 aliphatic carbocycles. The normalized spacial score (nSPS) is 16.1. The predicted molar refractivity (Wildman–Crippen MR) is 116 cm³/mol. The standard InChI is InChI=1S/C21H25F2N5O2S/c1-2-9-24-21(30)14-4-3-10-28(12-14)18-7-8-20(27-26-18)31-13-19(29)25-15-5-6-16(22)17(23)11-15/h5-8,11,14H,2-4,9-10,12-13H2,1H3,(H,24,30)(H,25,29). The highest BCUT2D eigenvalue weighted by Crippen LogP contribution is 2.23. The summed E-state index contributed by atoms with van der Waals surface area (Å²) in [6.07, 6.45) is 2.68. The van der Waals surface area contributed by atoms with Crippen molar-refractivity contribution < 1.29 is 18.4 Å². The van der Waals surface area contributed by atoms with Crippen LogP contribution in [-0.4, -0.2) is 47.4 Å². The number of carbonyl (C=O) groups is 2. The molecule has 7 nitrogen and oxygen atoms in total. The van der Waals surface area contributed by atoms with Gasteiger partial charge in [0.15, 0.2) is 17.5 Å². The van der Waals surface area contributed by atoms with Gasteiger partial charge in [-0.2, -0.15) is 0 Å². The number of halogens is 2. The Morgan fingerprint density at radius 1 is 1.19 bits per heavy atom. The number of nitrogens with one attached hydrogen (secondary N) is 2. The second-order valence-corrected chi connectivity index (χ2v) is 8.27. The SMILES string of the molecule is CCCNC(=O)C1CCCN(c2ccc(SCC(=O)Nc3ccc(F)c(F)c3)nn2)C1. The van der Waals surface area contributed by atoms with Crippen molar-refractivity contribution >= 4 is 35.1 Å². The number of hydrogen-bond acceptors (Lipinski definition) is 6. The molecule has 0 saturated carbocycles. The van der Waals surface area contributed by atoms with Crippen LogP contribution in [-0.2, 0) is 9.59 Å². The van der Waals surface area contributed by atoms with Crippen LogP contribution in [0.2, 0.25) is 0 Å². The van der Waals surface area contributed by atoms with Crippen molar-refractivity contribution in [1.29, 1.82) is 0 Å². The first-order valence-electron chi connectivity index (χ1n) is 10.2. The zero-order valence-corrected chi connectivity index (χ0v) is 18.1. The third-order valence-electron chi connectivity index (χ3n) is 4.85. The van der Waals surface area contributed by atoms with Crippen molar-refractivity contribution in [3.8, 4) is 0 Å². The van der Waals surface area contributed by atoms with Gasteiger partial charge in [0.2, 0.25) is 11.8 Å². The van der Waals surface area contributed by atoms with Gasteiger partial charge in [-0.05, 0) is 43.5 Å². The summed E-state index contributed by atoms with van der Waals surface area (Å²) in [7, 11) is 0. The van der Waals surface area contributed by atoms with E-state index in [9.17, 15) is 18.4 Å². The summed E-state index contributed by atoms with van der Waals surface area (Å²) in [6, 6.07) is 6.79. The van der Waals surface area contributed by atoms with E-state index in [4.69, 9.17) is 0 Å². The summed E-state index contributed by atoms with van der Waals surface area (Å²) in [5, 5.41) is 14.4. The van der Waals surface area contributed by atoms with E-state index in [1.807, 2.05) is 13.0 Å². The van der Waals surface area contributed by atoms with Crippen molar-refractivity contribution in [3.63, 3.8) is 0 Å². The molecule has 1 unspecified atom stereocenters. The first-order chi connectivity index (χ1) is 15.0. The van der Waals surface area contributed by atoms with E-state index in [1.165, 1.54) is 17.8 Å². The fraction of sp³-hybridized carbons (Fsp3) is 0.429. The molecule has 1 aromatic carbocycles. The molecule has 1 saturated heterocycles. The van der Waals surface area contributed by atoms with E-state index in [-0.39, 0.29) is 29.2 Å². The van der Waals surface area contributed by atoms with E-state index in [0.29, 0.717) is 23.9 Å². The molecule has 2 aromatic rings. The number of thioether (sulfide) groups is 1.